The van der Waals surface area contributed by atoms with Crippen LogP contribution in [0.5, 0.6) is 0 Å². The number of nitrogens with zero attached hydrogens (tertiary/aromatic N) is 3. The summed E-state index contributed by atoms with van der Waals surface area (Å²) in [6.07, 6.45) is -3.57. The second kappa shape index (κ2) is 9.53. The van der Waals surface area contributed by atoms with Gasteiger partial charge < -0.3 is 15.0 Å². The van der Waals surface area contributed by atoms with Crippen molar-refractivity contribution in [1.29, 1.82) is 0 Å². The molecule has 0 atom stereocenters. The third kappa shape index (κ3) is 7.00. The number of aliphatic carboxylic acids is 1. The van der Waals surface area contributed by atoms with E-state index in [9.17, 15) is 18.0 Å². The lowest BCUT2D eigenvalue weighted by Gasteiger charge is -2.13. The molecule has 0 radical (unpaired) electrons. The molecule has 1 fully saturated rings. The summed E-state index contributed by atoms with van der Waals surface area (Å²) in [7, 11) is 1.97. The summed E-state index contributed by atoms with van der Waals surface area (Å²) >= 11 is 0. The number of amides is 1. The second-order valence-corrected chi connectivity index (χ2v) is 5.70. The van der Waals surface area contributed by atoms with Gasteiger partial charge in [-0.1, -0.05) is 0 Å². The van der Waals surface area contributed by atoms with Crippen LogP contribution in [-0.2, 0) is 28.0 Å². The summed E-state index contributed by atoms with van der Waals surface area (Å²) in [5.41, 5.74) is 2.15. The Morgan fingerprint density at radius 1 is 1.35 bits per heavy atom. The van der Waals surface area contributed by atoms with Crippen LogP contribution in [0.1, 0.15) is 30.1 Å². The van der Waals surface area contributed by atoms with Crippen LogP contribution in [0.4, 0.5) is 13.2 Å². The van der Waals surface area contributed by atoms with Gasteiger partial charge in [0.25, 0.3) is 0 Å². The molecule has 1 saturated heterocycles. The zero-order valence-electron chi connectivity index (χ0n) is 14.9. The number of carboxylic acid groups (broad SMARTS) is 1. The Hall–Kier alpha value is -2.14. The van der Waals surface area contributed by atoms with Gasteiger partial charge in [0.1, 0.15) is 5.82 Å². The number of aryl methyl sites for hydroxylation is 1. The lowest BCUT2D eigenvalue weighted by atomic mass is 10.3. The first kappa shape index (κ1) is 21.9. The molecule has 1 amide bonds. The molecule has 11 heteroatoms. The molecule has 0 aliphatic carbocycles. The van der Waals surface area contributed by atoms with Gasteiger partial charge in [-0.2, -0.15) is 18.2 Å². The van der Waals surface area contributed by atoms with E-state index < -0.39 is 12.1 Å². The minimum absolute atomic E-state index is 0.0359. The number of halogens is 3. The highest BCUT2D eigenvalue weighted by molar-refractivity contribution is 5.75. The maximum atomic E-state index is 11.7. The predicted octanol–water partition coefficient (Wildman–Crippen LogP) is 1.31. The van der Waals surface area contributed by atoms with Crippen molar-refractivity contribution in [3.8, 4) is 0 Å². The van der Waals surface area contributed by atoms with E-state index in [4.69, 9.17) is 14.7 Å². The van der Waals surface area contributed by atoms with Gasteiger partial charge in [-0.3, -0.25) is 9.63 Å². The fraction of sp³-hybridized carbons (Fsp3) is 0.667. The number of nitrogens with one attached hydrogen (secondary N) is 1. The molecule has 0 saturated carbocycles. The molecular formula is C15H23F3N4O4. The zero-order chi connectivity index (χ0) is 19.9. The van der Waals surface area contributed by atoms with Gasteiger partial charge in [0.15, 0.2) is 0 Å². The predicted molar refractivity (Wildman–Crippen MR) is 85.0 cm³/mol. The first-order chi connectivity index (χ1) is 12.0. The first-order valence-electron chi connectivity index (χ1n) is 7.95. The molecule has 2 heterocycles. The first-order valence-corrected chi connectivity index (χ1v) is 7.95. The van der Waals surface area contributed by atoms with Crippen molar-refractivity contribution < 1.29 is 32.7 Å². The van der Waals surface area contributed by atoms with Gasteiger partial charge in [0, 0.05) is 32.3 Å². The quantitative estimate of drug-likeness (QED) is 0.800. The lowest BCUT2D eigenvalue weighted by Crippen LogP contribution is -2.29. The molecule has 1 aromatic rings. The fourth-order valence-corrected chi connectivity index (χ4v) is 2.11. The summed E-state index contributed by atoms with van der Waals surface area (Å²) in [5, 5.41) is 11.9. The van der Waals surface area contributed by atoms with Gasteiger partial charge in [-0.25, -0.2) is 9.78 Å². The smallest absolute Gasteiger partial charge is 0.475 e. The number of carboxylic acids is 1. The monoisotopic (exact) mass is 380 g/mol. The number of imidazole rings is 1. The Bertz CT molecular complexity index is 625. The summed E-state index contributed by atoms with van der Waals surface area (Å²) in [5.74, 6) is -1.83. The van der Waals surface area contributed by atoms with E-state index in [0.717, 1.165) is 36.8 Å². The van der Waals surface area contributed by atoms with Crippen LogP contribution in [0.3, 0.4) is 0 Å². The highest BCUT2D eigenvalue weighted by atomic mass is 19.4. The number of hydroxylamine groups is 2. The van der Waals surface area contributed by atoms with Gasteiger partial charge in [0.05, 0.1) is 18.8 Å². The third-order valence-corrected chi connectivity index (χ3v) is 3.81. The van der Waals surface area contributed by atoms with Crippen molar-refractivity contribution in [2.45, 2.75) is 39.4 Å². The Labute approximate surface area is 148 Å². The molecule has 0 spiro atoms. The molecule has 0 bridgehead atoms. The maximum Gasteiger partial charge on any atom is 0.490 e. The molecule has 2 N–H and O–H groups in total. The standard InChI is InChI=1S/C13H22N4O2.C2HF3O2/c1-10-11(2)16(3)12(15-10)9-14-13(18)5-7-17-6-4-8-19-17;3-2(4,5)1(6)7/h4-9H2,1-3H3,(H,14,18);(H,6,7). The Balaban J connectivity index is 0.000000412. The van der Waals surface area contributed by atoms with E-state index in [1.165, 1.54) is 0 Å². The van der Waals surface area contributed by atoms with Crippen molar-refractivity contribution in [2.24, 2.45) is 7.05 Å². The summed E-state index contributed by atoms with van der Waals surface area (Å²) < 4.78 is 33.7. The number of hydrogen-bond acceptors (Lipinski definition) is 5. The molecule has 1 aliphatic heterocycles. The van der Waals surface area contributed by atoms with E-state index in [1.54, 1.807) is 0 Å². The number of alkyl halides is 3. The van der Waals surface area contributed by atoms with Crippen LogP contribution in [-0.4, -0.2) is 57.5 Å². The average Bonchev–Trinajstić information content (AvgIpc) is 3.15. The molecular weight excluding hydrogens is 357 g/mol. The molecule has 1 aliphatic rings. The van der Waals surface area contributed by atoms with Gasteiger partial charge in [-0.15, -0.1) is 0 Å². The largest absolute Gasteiger partial charge is 0.490 e. The molecule has 8 nitrogen and oxygen atoms in total. The minimum Gasteiger partial charge on any atom is -0.475 e. The normalized spacial score (nSPS) is 14.7. The van der Waals surface area contributed by atoms with Crippen LogP contribution in [0.25, 0.3) is 0 Å². The molecule has 148 valence electrons. The van der Waals surface area contributed by atoms with Crippen molar-refractivity contribution >= 4 is 11.9 Å². The SMILES string of the molecule is Cc1nc(CNC(=O)CCN2CCCO2)n(C)c1C.O=C(O)C(F)(F)F. The van der Waals surface area contributed by atoms with Gasteiger partial charge in [-0.05, 0) is 20.3 Å². The molecule has 2 rings (SSSR count). The maximum absolute atomic E-state index is 11.7. The number of rotatable bonds is 5. The van der Waals surface area contributed by atoms with Crippen LogP contribution in [0.15, 0.2) is 0 Å². The molecule has 1 aromatic heterocycles. The van der Waals surface area contributed by atoms with Crippen LogP contribution >= 0.6 is 0 Å². The van der Waals surface area contributed by atoms with Crippen LogP contribution in [0, 0.1) is 13.8 Å². The lowest BCUT2D eigenvalue weighted by molar-refractivity contribution is -0.192. The fourth-order valence-electron chi connectivity index (χ4n) is 2.11. The second-order valence-electron chi connectivity index (χ2n) is 5.70. The van der Waals surface area contributed by atoms with E-state index >= 15 is 0 Å². The van der Waals surface area contributed by atoms with Crippen molar-refractivity contribution in [2.75, 3.05) is 19.7 Å². The zero-order valence-corrected chi connectivity index (χ0v) is 14.9. The minimum atomic E-state index is -5.08. The van der Waals surface area contributed by atoms with E-state index in [1.807, 2.05) is 30.5 Å². The summed E-state index contributed by atoms with van der Waals surface area (Å²) in [6, 6.07) is 0. The van der Waals surface area contributed by atoms with E-state index in [0.29, 0.717) is 19.5 Å². The summed E-state index contributed by atoms with van der Waals surface area (Å²) in [6.45, 7) is 6.83. The van der Waals surface area contributed by atoms with E-state index in [2.05, 4.69) is 10.3 Å². The number of hydrogen-bond donors (Lipinski definition) is 2. The van der Waals surface area contributed by atoms with Crippen LogP contribution in [0.2, 0.25) is 0 Å². The molecule has 0 unspecified atom stereocenters. The highest BCUT2D eigenvalue weighted by Crippen LogP contribution is 2.13. The Morgan fingerprint density at radius 3 is 2.38 bits per heavy atom. The number of aromatic nitrogens is 2. The van der Waals surface area contributed by atoms with Gasteiger partial charge in [0.2, 0.25) is 5.91 Å². The Kier molecular flexibility index (Phi) is 8.03. The van der Waals surface area contributed by atoms with E-state index in [-0.39, 0.29) is 5.91 Å². The molecule has 26 heavy (non-hydrogen) atoms. The summed E-state index contributed by atoms with van der Waals surface area (Å²) in [4.78, 5) is 30.4. The van der Waals surface area contributed by atoms with Crippen LogP contribution < -0.4 is 5.32 Å². The molecule has 0 aromatic carbocycles. The third-order valence-electron chi connectivity index (χ3n) is 3.81. The average molecular weight is 380 g/mol. The number of carbonyl (C=O) groups excluding carboxylic acids is 1. The van der Waals surface area contributed by atoms with Gasteiger partial charge >= 0.3 is 12.1 Å². The van der Waals surface area contributed by atoms with Crippen molar-refractivity contribution in [1.82, 2.24) is 19.9 Å². The van der Waals surface area contributed by atoms with Crippen molar-refractivity contribution in [3.05, 3.63) is 17.2 Å². The highest BCUT2D eigenvalue weighted by Gasteiger charge is 2.38. The van der Waals surface area contributed by atoms with Crippen molar-refractivity contribution in [3.63, 3.8) is 0 Å². The number of carbonyl (C=O) groups is 2. The Morgan fingerprint density at radius 2 is 1.96 bits per heavy atom. The topological polar surface area (TPSA) is 96.7 Å².